The van der Waals surface area contributed by atoms with Crippen molar-refractivity contribution in [2.24, 2.45) is 0 Å². The number of nitrogens with one attached hydrogen (secondary N) is 2. The first-order valence-corrected chi connectivity index (χ1v) is 7.57. The number of hydrogen-bond donors (Lipinski definition) is 2. The minimum Gasteiger partial charge on any atom is -0.355 e. The molecule has 0 spiro atoms. The van der Waals surface area contributed by atoms with Crippen molar-refractivity contribution in [3.05, 3.63) is 29.8 Å². The van der Waals surface area contributed by atoms with Crippen LogP contribution in [-0.4, -0.2) is 37.4 Å². The van der Waals surface area contributed by atoms with Crippen LogP contribution < -0.4 is 15.5 Å². The summed E-state index contributed by atoms with van der Waals surface area (Å²) in [7, 11) is 0. The van der Waals surface area contributed by atoms with Crippen molar-refractivity contribution in [3.63, 3.8) is 0 Å². The summed E-state index contributed by atoms with van der Waals surface area (Å²) in [4.78, 5) is 36.8. The van der Waals surface area contributed by atoms with Gasteiger partial charge in [-0.15, -0.1) is 0 Å². The molecule has 1 aliphatic heterocycles. The van der Waals surface area contributed by atoms with Crippen LogP contribution in [0.2, 0.25) is 0 Å². The van der Waals surface area contributed by atoms with E-state index in [4.69, 9.17) is 0 Å². The van der Waals surface area contributed by atoms with Crippen LogP contribution in [0.1, 0.15) is 36.5 Å². The van der Waals surface area contributed by atoms with Gasteiger partial charge in [0.2, 0.25) is 11.8 Å². The zero-order valence-corrected chi connectivity index (χ0v) is 12.7. The molecule has 1 aromatic rings. The Kier molecular flexibility index (Phi) is 5.52. The quantitative estimate of drug-likeness (QED) is 0.825. The average molecular weight is 303 g/mol. The highest BCUT2D eigenvalue weighted by molar-refractivity contribution is 5.98. The van der Waals surface area contributed by atoms with Gasteiger partial charge in [0.05, 0.1) is 6.54 Å². The van der Waals surface area contributed by atoms with Crippen LogP contribution in [0.4, 0.5) is 5.69 Å². The number of carbonyl (C=O) groups is 3. The zero-order valence-electron chi connectivity index (χ0n) is 12.7. The van der Waals surface area contributed by atoms with Crippen LogP contribution in [0.5, 0.6) is 0 Å². The normalized spacial score (nSPS) is 14.0. The van der Waals surface area contributed by atoms with Gasteiger partial charge in [0.25, 0.3) is 5.91 Å². The first kappa shape index (κ1) is 16.0. The maximum absolute atomic E-state index is 11.9. The van der Waals surface area contributed by atoms with Crippen LogP contribution in [0.25, 0.3) is 0 Å². The molecule has 2 rings (SSSR count). The molecule has 0 bridgehead atoms. The van der Waals surface area contributed by atoms with Crippen molar-refractivity contribution in [2.75, 3.05) is 24.5 Å². The molecule has 1 aromatic carbocycles. The Hall–Kier alpha value is -2.37. The van der Waals surface area contributed by atoms with Crippen molar-refractivity contribution in [2.45, 2.75) is 26.2 Å². The lowest BCUT2D eigenvalue weighted by molar-refractivity contribution is -0.120. The first-order valence-electron chi connectivity index (χ1n) is 7.57. The number of hydrogen-bond acceptors (Lipinski definition) is 3. The second-order valence-electron chi connectivity index (χ2n) is 5.23. The van der Waals surface area contributed by atoms with Crippen LogP contribution in [-0.2, 0) is 9.59 Å². The zero-order chi connectivity index (χ0) is 15.9. The molecule has 118 valence electrons. The van der Waals surface area contributed by atoms with E-state index in [1.807, 2.05) is 6.92 Å². The largest absolute Gasteiger partial charge is 0.355 e. The molecule has 0 unspecified atom stereocenters. The fourth-order valence-corrected chi connectivity index (χ4v) is 2.30. The van der Waals surface area contributed by atoms with E-state index < -0.39 is 0 Å². The predicted octanol–water partition coefficient (Wildman–Crippen LogP) is 1.07. The molecule has 3 amide bonds. The van der Waals surface area contributed by atoms with E-state index in [-0.39, 0.29) is 24.3 Å². The molecule has 6 heteroatoms. The fraction of sp³-hybridized carbons (Fsp3) is 0.438. The lowest BCUT2D eigenvalue weighted by atomic mass is 10.2. The molecule has 0 aromatic heterocycles. The average Bonchev–Trinajstić information content (AvgIpc) is 2.96. The summed E-state index contributed by atoms with van der Waals surface area (Å²) in [5.74, 6) is -0.384. The molecular weight excluding hydrogens is 282 g/mol. The standard InChI is InChI=1S/C16H21N3O3/c1-2-9-17-14(20)11-18-16(22)12-5-7-13(8-6-12)19-10-3-4-15(19)21/h5-8H,2-4,9-11H2,1H3,(H,17,20)(H,18,22). The fourth-order valence-electron chi connectivity index (χ4n) is 2.30. The van der Waals surface area contributed by atoms with Crippen molar-refractivity contribution in [1.82, 2.24) is 10.6 Å². The molecule has 1 heterocycles. The lowest BCUT2D eigenvalue weighted by Gasteiger charge is -2.15. The van der Waals surface area contributed by atoms with Crippen LogP contribution in [0.3, 0.4) is 0 Å². The highest BCUT2D eigenvalue weighted by Crippen LogP contribution is 2.21. The third kappa shape index (κ3) is 4.07. The van der Waals surface area contributed by atoms with E-state index in [0.717, 1.165) is 25.1 Å². The molecule has 22 heavy (non-hydrogen) atoms. The highest BCUT2D eigenvalue weighted by Gasteiger charge is 2.21. The molecular formula is C16H21N3O3. The molecule has 1 aliphatic rings. The highest BCUT2D eigenvalue weighted by atomic mass is 16.2. The first-order chi connectivity index (χ1) is 10.6. The Morgan fingerprint density at radius 2 is 1.91 bits per heavy atom. The Balaban J connectivity index is 1.88. The Bertz CT molecular complexity index is 554. The van der Waals surface area contributed by atoms with E-state index in [1.165, 1.54) is 0 Å². The van der Waals surface area contributed by atoms with E-state index in [1.54, 1.807) is 29.2 Å². The number of anilines is 1. The van der Waals surface area contributed by atoms with Crippen molar-refractivity contribution in [3.8, 4) is 0 Å². The van der Waals surface area contributed by atoms with Gasteiger partial charge in [0.15, 0.2) is 0 Å². The van der Waals surface area contributed by atoms with E-state index in [2.05, 4.69) is 10.6 Å². The molecule has 0 aliphatic carbocycles. The third-order valence-corrected chi connectivity index (χ3v) is 3.50. The monoisotopic (exact) mass is 303 g/mol. The molecule has 0 saturated carbocycles. The summed E-state index contributed by atoms with van der Waals surface area (Å²) in [6.07, 6.45) is 2.30. The maximum Gasteiger partial charge on any atom is 0.251 e. The Morgan fingerprint density at radius 1 is 1.18 bits per heavy atom. The van der Waals surface area contributed by atoms with E-state index in [9.17, 15) is 14.4 Å². The van der Waals surface area contributed by atoms with Gasteiger partial charge in [-0.1, -0.05) is 6.92 Å². The van der Waals surface area contributed by atoms with Crippen molar-refractivity contribution < 1.29 is 14.4 Å². The number of nitrogens with zero attached hydrogens (tertiary/aromatic N) is 1. The van der Waals surface area contributed by atoms with Gasteiger partial charge in [0.1, 0.15) is 0 Å². The summed E-state index contributed by atoms with van der Waals surface area (Å²) in [6.45, 7) is 3.26. The third-order valence-electron chi connectivity index (χ3n) is 3.50. The van der Waals surface area contributed by atoms with Crippen molar-refractivity contribution in [1.29, 1.82) is 0 Å². The van der Waals surface area contributed by atoms with Crippen LogP contribution in [0.15, 0.2) is 24.3 Å². The number of carbonyl (C=O) groups excluding carboxylic acids is 3. The lowest BCUT2D eigenvalue weighted by Crippen LogP contribution is -2.37. The number of rotatable bonds is 6. The predicted molar refractivity (Wildman–Crippen MR) is 83.7 cm³/mol. The smallest absolute Gasteiger partial charge is 0.251 e. The summed E-state index contributed by atoms with van der Waals surface area (Å²) >= 11 is 0. The van der Waals surface area contributed by atoms with Gasteiger partial charge in [-0.05, 0) is 37.1 Å². The van der Waals surface area contributed by atoms with Crippen molar-refractivity contribution >= 4 is 23.4 Å². The van der Waals surface area contributed by atoms with Gasteiger partial charge in [-0.25, -0.2) is 0 Å². The minimum absolute atomic E-state index is 0.0365. The SMILES string of the molecule is CCCNC(=O)CNC(=O)c1ccc(N2CCCC2=O)cc1. The summed E-state index contributed by atoms with van der Waals surface area (Å²) in [5.41, 5.74) is 1.28. The Morgan fingerprint density at radius 3 is 2.50 bits per heavy atom. The van der Waals surface area contributed by atoms with Gasteiger partial charge in [0, 0.05) is 30.8 Å². The summed E-state index contributed by atoms with van der Waals surface area (Å²) in [6, 6.07) is 6.85. The molecule has 6 nitrogen and oxygen atoms in total. The van der Waals surface area contributed by atoms with E-state index >= 15 is 0 Å². The van der Waals surface area contributed by atoms with Gasteiger partial charge >= 0.3 is 0 Å². The molecule has 2 N–H and O–H groups in total. The van der Waals surface area contributed by atoms with Gasteiger partial charge in [-0.2, -0.15) is 0 Å². The minimum atomic E-state index is -0.300. The van der Waals surface area contributed by atoms with Crippen LogP contribution in [0, 0.1) is 0 Å². The number of amides is 3. The Labute approximate surface area is 129 Å². The summed E-state index contributed by atoms with van der Waals surface area (Å²) in [5, 5.41) is 5.27. The second kappa shape index (κ2) is 7.59. The van der Waals surface area contributed by atoms with Gasteiger partial charge in [-0.3, -0.25) is 14.4 Å². The second-order valence-corrected chi connectivity index (χ2v) is 5.23. The molecule has 0 atom stereocenters. The molecule has 0 radical (unpaired) electrons. The van der Waals surface area contributed by atoms with E-state index in [0.29, 0.717) is 18.5 Å². The molecule has 1 fully saturated rings. The topological polar surface area (TPSA) is 78.5 Å². The van der Waals surface area contributed by atoms with Crippen LogP contribution >= 0.6 is 0 Å². The van der Waals surface area contributed by atoms with Gasteiger partial charge < -0.3 is 15.5 Å². The summed E-state index contributed by atoms with van der Waals surface area (Å²) < 4.78 is 0. The molecule has 1 saturated heterocycles. The maximum atomic E-state index is 11.9. The number of benzene rings is 1.